The highest BCUT2D eigenvalue weighted by Gasteiger charge is 2.50. The number of carboxylic acids is 1. The van der Waals surface area contributed by atoms with Gasteiger partial charge < -0.3 is 19.7 Å². The van der Waals surface area contributed by atoms with Crippen molar-refractivity contribution in [1.29, 1.82) is 0 Å². The molecule has 2 heterocycles. The van der Waals surface area contributed by atoms with Crippen LogP contribution < -0.4 is 4.74 Å². The molecule has 2 aliphatic rings. The lowest BCUT2D eigenvalue weighted by molar-refractivity contribution is -0.142. The maximum absolute atomic E-state index is 12.4. The number of fused-ring (bicyclic) bond motifs is 1. The van der Waals surface area contributed by atoms with Crippen molar-refractivity contribution in [3.05, 3.63) is 30.0 Å². The van der Waals surface area contributed by atoms with Gasteiger partial charge in [0.2, 0.25) is 5.91 Å². The molecule has 25 heavy (non-hydrogen) atoms. The van der Waals surface area contributed by atoms with Gasteiger partial charge in [0.1, 0.15) is 5.75 Å². The number of piperidine rings is 1. The molecule has 6 nitrogen and oxygen atoms in total. The Morgan fingerprint density at radius 3 is 2.64 bits per heavy atom. The first kappa shape index (κ1) is 16.0. The number of carbonyl (C=O) groups excluding carboxylic acids is 1. The second-order valence-corrected chi connectivity index (χ2v) is 7.04. The third-order valence-electron chi connectivity index (χ3n) is 5.59. The van der Waals surface area contributed by atoms with Crippen molar-refractivity contribution in [2.24, 2.45) is 11.8 Å². The number of aliphatic carboxylic acids is 1. The molecule has 1 aliphatic carbocycles. The summed E-state index contributed by atoms with van der Waals surface area (Å²) >= 11 is 0. The Bertz CT molecular complexity index is 820. The summed E-state index contributed by atoms with van der Waals surface area (Å²) in [6, 6.07) is 6.02. The Hall–Kier alpha value is -2.50. The molecular formula is C19H22N2O4. The van der Waals surface area contributed by atoms with Crippen LogP contribution in [0.2, 0.25) is 0 Å². The molecule has 1 amide bonds. The molecule has 2 atom stereocenters. The third-order valence-corrected chi connectivity index (χ3v) is 5.59. The Balaban J connectivity index is 1.44. The molecule has 1 aliphatic heterocycles. The van der Waals surface area contributed by atoms with Gasteiger partial charge in [-0.2, -0.15) is 0 Å². The molecule has 132 valence electrons. The van der Waals surface area contributed by atoms with Crippen molar-refractivity contribution >= 4 is 22.8 Å². The van der Waals surface area contributed by atoms with Crippen molar-refractivity contribution in [1.82, 2.24) is 9.88 Å². The molecule has 4 rings (SSSR count). The fourth-order valence-electron chi connectivity index (χ4n) is 3.97. The molecule has 0 spiro atoms. The van der Waals surface area contributed by atoms with E-state index in [9.17, 15) is 9.59 Å². The molecule has 2 fully saturated rings. The zero-order valence-corrected chi connectivity index (χ0v) is 14.2. The van der Waals surface area contributed by atoms with E-state index in [-0.39, 0.29) is 11.8 Å². The van der Waals surface area contributed by atoms with Gasteiger partial charge in [0.25, 0.3) is 0 Å². The van der Waals surface area contributed by atoms with Crippen molar-refractivity contribution in [2.45, 2.75) is 25.2 Å². The maximum Gasteiger partial charge on any atom is 0.307 e. The first-order valence-electron chi connectivity index (χ1n) is 8.75. The SMILES string of the molecule is COc1ccc2[nH]cc(C3CCN(C(=O)C4CC4C(=O)O)CC3)c2c1. The molecule has 0 radical (unpaired) electrons. The number of carbonyl (C=O) groups is 2. The fourth-order valence-corrected chi connectivity index (χ4v) is 3.97. The Kier molecular flexibility index (Phi) is 3.90. The summed E-state index contributed by atoms with van der Waals surface area (Å²) in [7, 11) is 1.67. The van der Waals surface area contributed by atoms with Crippen LogP contribution in [0.15, 0.2) is 24.4 Å². The van der Waals surface area contributed by atoms with Crippen molar-refractivity contribution in [2.75, 3.05) is 20.2 Å². The zero-order valence-electron chi connectivity index (χ0n) is 14.2. The standard InChI is InChI=1S/C19H22N2O4/c1-25-12-2-3-17-13(8-12)16(10-20-17)11-4-6-21(7-5-11)18(22)14-9-15(14)19(23)24/h2-3,8,10-11,14-15,20H,4-7,9H2,1H3,(H,23,24). The molecule has 2 unspecified atom stereocenters. The van der Waals surface area contributed by atoms with Crippen LogP contribution in [0.25, 0.3) is 10.9 Å². The number of likely N-dealkylation sites (tertiary alicyclic amines) is 1. The molecule has 2 aromatic rings. The number of methoxy groups -OCH3 is 1. The van der Waals surface area contributed by atoms with E-state index in [0.717, 1.165) is 24.1 Å². The second kappa shape index (κ2) is 6.10. The van der Waals surface area contributed by atoms with E-state index in [1.165, 1.54) is 10.9 Å². The lowest BCUT2D eigenvalue weighted by atomic mass is 9.89. The Morgan fingerprint density at radius 1 is 1.24 bits per heavy atom. The van der Waals surface area contributed by atoms with Crippen LogP contribution in [0.4, 0.5) is 0 Å². The van der Waals surface area contributed by atoms with Crippen molar-refractivity contribution in [3.8, 4) is 5.75 Å². The third kappa shape index (κ3) is 2.86. The van der Waals surface area contributed by atoms with Crippen molar-refractivity contribution in [3.63, 3.8) is 0 Å². The van der Waals surface area contributed by atoms with Gasteiger partial charge >= 0.3 is 5.97 Å². The number of aromatic nitrogens is 1. The van der Waals surface area contributed by atoms with Gasteiger partial charge in [0.05, 0.1) is 18.9 Å². The summed E-state index contributed by atoms with van der Waals surface area (Å²) in [4.78, 5) is 28.5. The van der Waals surface area contributed by atoms with Gasteiger partial charge in [-0.15, -0.1) is 0 Å². The van der Waals surface area contributed by atoms with E-state index in [0.29, 0.717) is 25.4 Å². The van der Waals surface area contributed by atoms with Crippen LogP contribution in [0.3, 0.4) is 0 Å². The topological polar surface area (TPSA) is 82.6 Å². The van der Waals surface area contributed by atoms with E-state index in [2.05, 4.69) is 17.2 Å². The lowest BCUT2D eigenvalue weighted by Gasteiger charge is -2.32. The quantitative estimate of drug-likeness (QED) is 0.895. The first-order valence-corrected chi connectivity index (χ1v) is 8.75. The number of carboxylic acid groups (broad SMARTS) is 1. The van der Waals surface area contributed by atoms with Gasteiger partial charge in [0.15, 0.2) is 0 Å². The van der Waals surface area contributed by atoms with E-state index >= 15 is 0 Å². The largest absolute Gasteiger partial charge is 0.497 e. The molecule has 2 N–H and O–H groups in total. The monoisotopic (exact) mass is 342 g/mol. The number of rotatable bonds is 4. The average molecular weight is 342 g/mol. The highest BCUT2D eigenvalue weighted by molar-refractivity contribution is 5.89. The number of benzene rings is 1. The van der Waals surface area contributed by atoms with Crippen LogP contribution in [0.5, 0.6) is 5.75 Å². The van der Waals surface area contributed by atoms with Crippen molar-refractivity contribution < 1.29 is 19.4 Å². The van der Waals surface area contributed by atoms with E-state index in [4.69, 9.17) is 9.84 Å². The first-order chi connectivity index (χ1) is 12.1. The predicted molar refractivity (Wildman–Crippen MR) is 92.6 cm³/mol. The number of ether oxygens (including phenoxy) is 1. The number of nitrogens with one attached hydrogen (secondary N) is 1. The minimum absolute atomic E-state index is 0.0199. The summed E-state index contributed by atoms with van der Waals surface area (Å²) in [5.74, 6) is -0.348. The summed E-state index contributed by atoms with van der Waals surface area (Å²) in [6.45, 7) is 1.39. The van der Waals surface area contributed by atoms with Gasteiger partial charge in [-0.25, -0.2) is 0 Å². The minimum Gasteiger partial charge on any atom is -0.497 e. The summed E-state index contributed by atoms with van der Waals surface area (Å²) < 4.78 is 5.33. The van der Waals surface area contributed by atoms with Gasteiger partial charge in [-0.3, -0.25) is 9.59 Å². The molecular weight excluding hydrogens is 320 g/mol. The molecule has 1 aromatic carbocycles. The molecule has 1 aromatic heterocycles. The predicted octanol–water partition coefficient (Wildman–Crippen LogP) is 2.60. The summed E-state index contributed by atoms with van der Waals surface area (Å²) in [5, 5.41) is 10.2. The number of hydrogen-bond donors (Lipinski definition) is 2. The molecule has 1 saturated heterocycles. The normalized spacial score (nSPS) is 23.6. The lowest BCUT2D eigenvalue weighted by Crippen LogP contribution is -2.39. The smallest absolute Gasteiger partial charge is 0.307 e. The van der Waals surface area contributed by atoms with Crippen LogP contribution in [0, 0.1) is 11.8 Å². The van der Waals surface area contributed by atoms with Gasteiger partial charge in [-0.1, -0.05) is 0 Å². The Labute approximate surface area is 145 Å². The van der Waals surface area contributed by atoms with E-state index in [1.54, 1.807) is 7.11 Å². The summed E-state index contributed by atoms with van der Waals surface area (Å²) in [5.41, 5.74) is 2.37. The zero-order chi connectivity index (χ0) is 17.6. The van der Waals surface area contributed by atoms with E-state index < -0.39 is 11.9 Å². The van der Waals surface area contributed by atoms with Gasteiger partial charge in [0, 0.05) is 30.2 Å². The molecule has 0 bridgehead atoms. The number of H-pyrrole nitrogens is 1. The second-order valence-electron chi connectivity index (χ2n) is 7.04. The van der Waals surface area contributed by atoms with E-state index in [1.807, 2.05) is 17.0 Å². The minimum atomic E-state index is -0.846. The Morgan fingerprint density at radius 2 is 2.00 bits per heavy atom. The van der Waals surface area contributed by atoms with Crippen LogP contribution in [-0.2, 0) is 9.59 Å². The average Bonchev–Trinajstić information content (AvgIpc) is 3.34. The number of amides is 1. The number of hydrogen-bond acceptors (Lipinski definition) is 3. The summed E-state index contributed by atoms with van der Waals surface area (Å²) in [6.07, 6.45) is 4.37. The van der Waals surface area contributed by atoms with Crippen LogP contribution in [0.1, 0.15) is 30.7 Å². The van der Waals surface area contributed by atoms with Gasteiger partial charge in [-0.05, 0) is 48.9 Å². The number of nitrogens with zero attached hydrogens (tertiary/aromatic N) is 1. The maximum atomic E-state index is 12.4. The highest BCUT2D eigenvalue weighted by atomic mass is 16.5. The molecule has 1 saturated carbocycles. The molecule has 6 heteroatoms. The fraction of sp³-hybridized carbons (Fsp3) is 0.474. The van der Waals surface area contributed by atoms with Crippen LogP contribution >= 0.6 is 0 Å². The highest BCUT2D eigenvalue weighted by Crippen LogP contribution is 2.41. The van der Waals surface area contributed by atoms with Crippen LogP contribution in [-0.4, -0.2) is 47.1 Å². The number of aromatic amines is 1.